The molecule has 16 heavy (non-hydrogen) atoms. The monoisotopic (exact) mass is 224 g/mol. The number of alkyl halides is 1. The molecule has 0 amide bonds. The number of aliphatic hydroxyl groups is 2. The first-order valence-electron chi connectivity index (χ1n) is 5.37. The van der Waals surface area contributed by atoms with Crippen LogP contribution in [0.4, 0.5) is 4.39 Å². The first-order valence-corrected chi connectivity index (χ1v) is 5.37. The van der Waals surface area contributed by atoms with Gasteiger partial charge in [-0.15, -0.1) is 0 Å². The molecule has 1 rings (SSSR count). The van der Waals surface area contributed by atoms with Crippen molar-refractivity contribution < 1.29 is 14.6 Å². The summed E-state index contributed by atoms with van der Waals surface area (Å²) in [4.78, 5) is 0. The van der Waals surface area contributed by atoms with Crippen molar-refractivity contribution in [3.8, 4) is 0 Å². The third-order valence-electron chi connectivity index (χ3n) is 2.36. The second-order valence-corrected chi connectivity index (χ2v) is 3.65. The van der Waals surface area contributed by atoms with E-state index in [2.05, 4.69) is 0 Å². The molecule has 0 saturated carbocycles. The predicted octanol–water partition coefficient (Wildman–Crippen LogP) is 1.87. The van der Waals surface area contributed by atoms with E-state index in [-0.39, 0.29) is 6.61 Å². The summed E-state index contributed by atoms with van der Waals surface area (Å²) >= 11 is 0. The van der Waals surface area contributed by atoms with Crippen LogP contribution in [-0.4, -0.2) is 29.1 Å². The highest BCUT2D eigenvalue weighted by Gasteiger charge is 2.14. The van der Waals surface area contributed by atoms with E-state index in [1.807, 2.05) is 30.3 Å². The highest BCUT2D eigenvalue weighted by molar-refractivity contribution is 5.14. The number of benzene rings is 1. The molecule has 0 radical (unpaired) electrons. The van der Waals surface area contributed by atoms with Crippen LogP contribution in [0.5, 0.6) is 0 Å². The van der Waals surface area contributed by atoms with Crippen LogP contribution >= 0.6 is 0 Å². The molecule has 2 N–H and O–H groups in total. The predicted molar refractivity (Wildman–Crippen MR) is 61.9 cm³/mol. The lowest BCUT2D eigenvalue weighted by molar-refractivity contribution is 0.0949. The molecule has 1 aromatic rings. The summed E-state index contributed by atoms with van der Waals surface area (Å²) in [6, 6.07) is 9.65. The fourth-order valence-corrected chi connectivity index (χ4v) is 1.44. The Bertz CT molecular complexity index is 311. The topological polar surface area (TPSA) is 40.5 Å². The van der Waals surface area contributed by atoms with E-state index < -0.39 is 12.3 Å². The SMILES string of the molecule is OC/C=C\C(F)C(O)CCc1ccccc1. The van der Waals surface area contributed by atoms with Crippen molar-refractivity contribution in [2.75, 3.05) is 6.61 Å². The minimum absolute atomic E-state index is 0.203. The number of rotatable bonds is 6. The van der Waals surface area contributed by atoms with Gasteiger partial charge < -0.3 is 10.2 Å². The molecule has 0 aliphatic heterocycles. The zero-order valence-electron chi connectivity index (χ0n) is 9.09. The van der Waals surface area contributed by atoms with Crippen LogP contribution in [0.25, 0.3) is 0 Å². The molecule has 2 unspecified atom stereocenters. The van der Waals surface area contributed by atoms with Gasteiger partial charge in [0.15, 0.2) is 0 Å². The second-order valence-electron chi connectivity index (χ2n) is 3.65. The quantitative estimate of drug-likeness (QED) is 0.724. The molecule has 1 aromatic carbocycles. The Morgan fingerprint density at radius 3 is 2.56 bits per heavy atom. The maximum Gasteiger partial charge on any atom is 0.144 e. The number of hydrogen-bond acceptors (Lipinski definition) is 2. The van der Waals surface area contributed by atoms with Crippen molar-refractivity contribution >= 4 is 0 Å². The molecule has 0 aliphatic rings. The second kappa shape index (κ2) is 7.14. The standard InChI is InChI=1S/C13H17FO2/c14-12(7-4-10-15)13(16)9-8-11-5-2-1-3-6-11/h1-7,12-13,15-16H,8-10H2/b7-4-. The molecule has 0 spiro atoms. The molecule has 0 heterocycles. The Labute approximate surface area is 95.1 Å². The molecule has 0 aromatic heterocycles. The largest absolute Gasteiger partial charge is 0.392 e. The summed E-state index contributed by atoms with van der Waals surface area (Å²) in [5, 5.41) is 18.0. The minimum Gasteiger partial charge on any atom is -0.392 e. The van der Waals surface area contributed by atoms with Crippen LogP contribution in [-0.2, 0) is 6.42 Å². The Kier molecular flexibility index (Phi) is 5.75. The van der Waals surface area contributed by atoms with Gasteiger partial charge in [0.2, 0.25) is 0 Å². The average Bonchev–Trinajstić information content (AvgIpc) is 2.34. The maximum absolute atomic E-state index is 13.2. The Hall–Kier alpha value is -1.19. The zero-order valence-corrected chi connectivity index (χ0v) is 9.09. The van der Waals surface area contributed by atoms with Crippen molar-refractivity contribution in [2.24, 2.45) is 0 Å². The lowest BCUT2D eigenvalue weighted by atomic mass is 10.0. The van der Waals surface area contributed by atoms with Crippen LogP contribution in [0.15, 0.2) is 42.5 Å². The van der Waals surface area contributed by atoms with Gasteiger partial charge in [-0.1, -0.05) is 36.4 Å². The van der Waals surface area contributed by atoms with Crippen LogP contribution in [0.1, 0.15) is 12.0 Å². The van der Waals surface area contributed by atoms with E-state index in [1.54, 1.807) is 0 Å². The lowest BCUT2D eigenvalue weighted by Crippen LogP contribution is -2.20. The van der Waals surface area contributed by atoms with Crippen molar-refractivity contribution in [3.05, 3.63) is 48.0 Å². The van der Waals surface area contributed by atoms with Gasteiger partial charge in [0.1, 0.15) is 6.17 Å². The molecule has 0 aliphatic carbocycles. The summed E-state index contributed by atoms with van der Waals surface area (Å²) in [6.45, 7) is -0.203. The summed E-state index contributed by atoms with van der Waals surface area (Å²) < 4.78 is 13.2. The Morgan fingerprint density at radius 1 is 1.25 bits per heavy atom. The fraction of sp³-hybridized carbons (Fsp3) is 0.385. The summed E-state index contributed by atoms with van der Waals surface area (Å²) in [5.41, 5.74) is 1.08. The smallest absolute Gasteiger partial charge is 0.144 e. The molecule has 88 valence electrons. The van der Waals surface area contributed by atoms with Crippen LogP contribution in [0.2, 0.25) is 0 Å². The van der Waals surface area contributed by atoms with E-state index in [9.17, 15) is 9.50 Å². The molecule has 2 nitrogen and oxygen atoms in total. The van der Waals surface area contributed by atoms with E-state index in [4.69, 9.17) is 5.11 Å². The van der Waals surface area contributed by atoms with E-state index >= 15 is 0 Å². The van der Waals surface area contributed by atoms with Gasteiger partial charge in [0.05, 0.1) is 12.7 Å². The lowest BCUT2D eigenvalue weighted by Gasteiger charge is -2.12. The van der Waals surface area contributed by atoms with Gasteiger partial charge in [-0.05, 0) is 24.5 Å². The van der Waals surface area contributed by atoms with Crippen LogP contribution in [0, 0.1) is 0 Å². The van der Waals surface area contributed by atoms with E-state index in [1.165, 1.54) is 12.2 Å². The van der Waals surface area contributed by atoms with Gasteiger partial charge in [-0.2, -0.15) is 0 Å². The third kappa shape index (κ3) is 4.55. The minimum atomic E-state index is -1.41. The van der Waals surface area contributed by atoms with Gasteiger partial charge in [0.25, 0.3) is 0 Å². The van der Waals surface area contributed by atoms with Crippen LogP contribution < -0.4 is 0 Å². The Balaban J connectivity index is 2.35. The van der Waals surface area contributed by atoms with E-state index in [0.29, 0.717) is 12.8 Å². The number of aryl methyl sites for hydroxylation is 1. The average molecular weight is 224 g/mol. The molecule has 0 fully saturated rings. The summed E-state index contributed by atoms with van der Waals surface area (Å²) in [5.74, 6) is 0. The molecular formula is C13H17FO2. The summed E-state index contributed by atoms with van der Waals surface area (Å²) in [7, 11) is 0. The van der Waals surface area contributed by atoms with Crippen molar-refractivity contribution in [1.29, 1.82) is 0 Å². The highest BCUT2D eigenvalue weighted by Crippen LogP contribution is 2.10. The van der Waals surface area contributed by atoms with Gasteiger partial charge >= 0.3 is 0 Å². The zero-order chi connectivity index (χ0) is 11.8. The third-order valence-corrected chi connectivity index (χ3v) is 2.36. The van der Waals surface area contributed by atoms with Crippen molar-refractivity contribution in [2.45, 2.75) is 25.1 Å². The van der Waals surface area contributed by atoms with E-state index in [0.717, 1.165) is 5.56 Å². The Morgan fingerprint density at radius 2 is 1.94 bits per heavy atom. The first kappa shape index (κ1) is 12.9. The summed E-state index contributed by atoms with van der Waals surface area (Å²) in [6.07, 6.45) is 1.10. The maximum atomic E-state index is 13.2. The first-order chi connectivity index (χ1) is 7.74. The molecule has 2 atom stereocenters. The van der Waals surface area contributed by atoms with Crippen LogP contribution in [0.3, 0.4) is 0 Å². The number of aliphatic hydroxyl groups excluding tert-OH is 2. The highest BCUT2D eigenvalue weighted by atomic mass is 19.1. The van der Waals surface area contributed by atoms with Gasteiger partial charge in [-0.3, -0.25) is 0 Å². The van der Waals surface area contributed by atoms with Gasteiger partial charge in [-0.25, -0.2) is 4.39 Å². The van der Waals surface area contributed by atoms with Crippen molar-refractivity contribution in [3.63, 3.8) is 0 Å². The molecule has 0 saturated heterocycles. The fourth-order valence-electron chi connectivity index (χ4n) is 1.44. The molecule has 3 heteroatoms. The number of hydrogen-bond donors (Lipinski definition) is 2. The van der Waals surface area contributed by atoms with Gasteiger partial charge in [0, 0.05) is 0 Å². The molecule has 0 bridgehead atoms. The van der Waals surface area contributed by atoms with Crippen molar-refractivity contribution in [1.82, 2.24) is 0 Å². The normalized spacial score (nSPS) is 15.2. The number of halogens is 1. The molecular weight excluding hydrogens is 207 g/mol.